The molecule has 0 fully saturated rings. The molecule has 0 aromatic heterocycles. The topological polar surface area (TPSA) is 47.3 Å². The van der Waals surface area contributed by atoms with Gasteiger partial charge in [-0.05, 0) is 31.2 Å². The maximum Gasteiger partial charge on any atom is 0.115 e. The maximum absolute atomic E-state index is 9.06. The highest BCUT2D eigenvalue weighted by Gasteiger charge is 2.01. The minimum atomic E-state index is 0.247. The molecule has 3 nitrogen and oxygen atoms in total. The van der Waals surface area contributed by atoms with Gasteiger partial charge in [0.2, 0.25) is 0 Å². The smallest absolute Gasteiger partial charge is 0.115 e. The van der Waals surface area contributed by atoms with Crippen LogP contribution in [0.5, 0.6) is 5.75 Å². The highest BCUT2D eigenvalue weighted by Crippen LogP contribution is 2.17. The molecule has 3 heteroatoms. The molecule has 1 aromatic carbocycles. The molecule has 0 saturated carbocycles. The summed E-state index contributed by atoms with van der Waals surface area (Å²) < 4.78 is 0. The van der Waals surface area contributed by atoms with Gasteiger partial charge < -0.3 is 10.0 Å². The van der Waals surface area contributed by atoms with Crippen molar-refractivity contribution in [2.75, 3.05) is 18.0 Å². The molecule has 0 amide bonds. The van der Waals surface area contributed by atoms with Crippen molar-refractivity contribution in [3.63, 3.8) is 0 Å². The summed E-state index contributed by atoms with van der Waals surface area (Å²) in [7, 11) is 0. The molecule has 1 N–H and O–H groups in total. The lowest BCUT2D eigenvalue weighted by atomic mass is 10.2. The molecule has 1 rings (SSSR count). The first-order valence-electron chi connectivity index (χ1n) is 4.19. The molecular weight excluding hydrogens is 164 g/mol. The van der Waals surface area contributed by atoms with Crippen LogP contribution in [0.3, 0.4) is 0 Å². The monoisotopic (exact) mass is 176 g/mol. The first-order chi connectivity index (χ1) is 6.27. The van der Waals surface area contributed by atoms with E-state index >= 15 is 0 Å². The number of hydrogen-bond acceptors (Lipinski definition) is 3. The van der Waals surface area contributed by atoms with E-state index in [-0.39, 0.29) is 5.75 Å². The van der Waals surface area contributed by atoms with Crippen LogP contribution >= 0.6 is 0 Å². The highest BCUT2D eigenvalue weighted by molar-refractivity contribution is 5.49. The van der Waals surface area contributed by atoms with E-state index in [9.17, 15) is 0 Å². The van der Waals surface area contributed by atoms with Crippen LogP contribution in [0.1, 0.15) is 6.92 Å². The fraction of sp³-hybridized carbons (Fsp3) is 0.300. The molecule has 0 spiro atoms. The van der Waals surface area contributed by atoms with E-state index in [4.69, 9.17) is 10.4 Å². The number of anilines is 1. The number of phenols is 1. The Bertz CT molecular complexity index is 300. The van der Waals surface area contributed by atoms with E-state index in [2.05, 4.69) is 6.07 Å². The second-order valence-corrected chi connectivity index (χ2v) is 2.69. The Morgan fingerprint density at radius 1 is 1.38 bits per heavy atom. The zero-order chi connectivity index (χ0) is 9.68. The molecule has 0 bridgehead atoms. The third kappa shape index (κ3) is 2.38. The van der Waals surface area contributed by atoms with Crippen LogP contribution in [0, 0.1) is 11.3 Å². The molecule has 0 aliphatic carbocycles. The Hall–Kier alpha value is -1.69. The number of hydrogen-bond donors (Lipinski definition) is 1. The summed E-state index contributed by atoms with van der Waals surface area (Å²) in [6.45, 7) is 3.16. The molecule has 0 saturated heterocycles. The summed E-state index contributed by atoms with van der Waals surface area (Å²) in [6, 6.07) is 8.94. The lowest BCUT2D eigenvalue weighted by Crippen LogP contribution is -2.22. The molecule has 0 unspecified atom stereocenters. The quantitative estimate of drug-likeness (QED) is 0.713. The maximum atomic E-state index is 9.06. The van der Waals surface area contributed by atoms with Crippen molar-refractivity contribution in [2.24, 2.45) is 0 Å². The number of aromatic hydroxyl groups is 1. The fourth-order valence-electron chi connectivity index (χ4n) is 1.13. The average Bonchev–Trinajstić information content (AvgIpc) is 2.16. The van der Waals surface area contributed by atoms with Crippen LogP contribution in [0.4, 0.5) is 5.69 Å². The molecule has 0 heterocycles. The third-order valence-electron chi connectivity index (χ3n) is 1.86. The van der Waals surface area contributed by atoms with Crippen molar-refractivity contribution in [3.05, 3.63) is 24.3 Å². The molecule has 1 aromatic rings. The SMILES string of the molecule is CCN(CC#N)c1ccc(O)cc1. The van der Waals surface area contributed by atoms with E-state index in [0.29, 0.717) is 6.54 Å². The molecule has 68 valence electrons. The number of nitriles is 1. The van der Waals surface area contributed by atoms with Crippen LogP contribution in [0.15, 0.2) is 24.3 Å². The minimum Gasteiger partial charge on any atom is -0.508 e. The summed E-state index contributed by atoms with van der Waals surface area (Å²) in [5.41, 5.74) is 0.960. The first-order valence-corrected chi connectivity index (χ1v) is 4.19. The Morgan fingerprint density at radius 2 is 2.00 bits per heavy atom. The molecular formula is C10H12N2O. The van der Waals surface area contributed by atoms with E-state index in [0.717, 1.165) is 12.2 Å². The van der Waals surface area contributed by atoms with Crippen molar-refractivity contribution in [1.82, 2.24) is 0 Å². The van der Waals surface area contributed by atoms with Gasteiger partial charge in [-0.2, -0.15) is 5.26 Å². The molecule has 0 aliphatic rings. The Balaban J connectivity index is 2.80. The van der Waals surface area contributed by atoms with Crippen molar-refractivity contribution >= 4 is 5.69 Å². The summed E-state index contributed by atoms with van der Waals surface area (Å²) in [5.74, 6) is 0.247. The summed E-state index contributed by atoms with van der Waals surface area (Å²) >= 11 is 0. The van der Waals surface area contributed by atoms with Crippen LogP contribution in [-0.2, 0) is 0 Å². The van der Waals surface area contributed by atoms with Gasteiger partial charge >= 0.3 is 0 Å². The summed E-state index contributed by atoms with van der Waals surface area (Å²) in [6.07, 6.45) is 0. The van der Waals surface area contributed by atoms with Gasteiger partial charge in [-0.25, -0.2) is 0 Å². The molecule has 13 heavy (non-hydrogen) atoms. The molecule has 0 radical (unpaired) electrons. The number of phenolic OH excluding ortho intramolecular Hbond substituents is 1. The van der Waals surface area contributed by atoms with Crippen molar-refractivity contribution in [1.29, 1.82) is 5.26 Å². The number of benzene rings is 1. The average molecular weight is 176 g/mol. The molecule has 0 aliphatic heterocycles. The van der Waals surface area contributed by atoms with E-state index in [1.807, 2.05) is 11.8 Å². The van der Waals surface area contributed by atoms with Crippen molar-refractivity contribution < 1.29 is 5.11 Å². The standard InChI is InChI=1S/C10H12N2O/c1-2-12(8-7-11)9-3-5-10(13)6-4-9/h3-6,13H,2,8H2,1H3. The fourth-order valence-corrected chi connectivity index (χ4v) is 1.13. The van der Waals surface area contributed by atoms with Crippen molar-refractivity contribution in [3.8, 4) is 11.8 Å². The van der Waals surface area contributed by atoms with E-state index in [1.165, 1.54) is 0 Å². The highest BCUT2D eigenvalue weighted by atomic mass is 16.3. The predicted octanol–water partition coefficient (Wildman–Crippen LogP) is 1.74. The minimum absolute atomic E-state index is 0.247. The van der Waals surface area contributed by atoms with Crippen LogP contribution in [0.25, 0.3) is 0 Å². The lowest BCUT2D eigenvalue weighted by Gasteiger charge is -2.19. The Kier molecular flexibility index (Phi) is 3.15. The normalized spacial score (nSPS) is 9.23. The van der Waals surface area contributed by atoms with Gasteiger partial charge in [0, 0.05) is 12.2 Å². The number of rotatable bonds is 3. The second kappa shape index (κ2) is 4.36. The largest absolute Gasteiger partial charge is 0.508 e. The van der Waals surface area contributed by atoms with E-state index in [1.54, 1.807) is 24.3 Å². The van der Waals surface area contributed by atoms with Crippen molar-refractivity contribution in [2.45, 2.75) is 6.92 Å². The second-order valence-electron chi connectivity index (χ2n) is 2.69. The van der Waals surface area contributed by atoms with Gasteiger partial charge in [-0.3, -0.25) is 0 Å². The van der Waals surface area contributed by atoms with Gasteiger partial charge in [0.25, 0.3) is 0 Å². The first kappa shape index (κ1) is 9.40. The zero-order valence-electron chi connectivity index (χ0n) is 7.57. The van der Waals surface area contributed by atoms with Crippen LogP contribution in [-0.4, -0.2) is 18.2 Å². The lowest BCUT2D eigenvalue weighted by molar-refractivity contribution is 0.475. The van der Waals surface area contributed by atoms with Gasteiger partial charge in [-0.1, -0.05) is 0 Å². The van der Waals surface area contributed by atoms with Crippen LogP contribution < -0.4 is 4.90 Å². The van der Waals surface area contributed by atoms with Gasteiger partial charge in [0.05, 0.1) is 6.07 Å². The van der Waals surface area contributed by atoms with Gasteiger partial charge in [-0.15, -0.1) is 0 Å². The van der Waals surface area contributed by atoms with E-state index < -0.39 is 0 Å². The van der Waals surface area contributed by atoms with Gasteiger partial charge in [0.1, 0.15) is 12.3 Å². The third-order valence-corrected chi connectivity index (χ3v) is 1.86. The number of nitrogens with zero attached hydrogens (tertiary/aromatic N) is 2. The zero-order valence-corrected chi connectivity index (χ0v) is 7.57. The van der Waals surface area contributed by atoms with Crippen LogP contribution in [0.2, 0.25) is 0 Å². The predicted molar refractivity (Wildman–Crippen MR) is 51.6 cm³/mol. The summed E-state index contributed by atoms with van der Waals surface area (Å²) in [5, 5.41) is 17.6. The Morgan fingerprint density at radius 3 is 2.46 bits per heavy atom. The summed E-state index contributed by atoms with van der Waals surface area (Å²) in [4.78, 5) is 1.93. The van der Waals surface area contributed by atoms with Gasteiger partial charge in [0.15, 0.2) is 0 Å². The Labute approximate surface area is 77.8 Å². The molecule has 0 atom stereocenters.